The van der Waals surface area contributed by atoms with Crippen LogP contribution in [0.4, 0.5) is 10.1 Å². The number of pyridine rings is 1. The molecule has 0 radical (unpaired) electrons. The molecule has 0 fully saturated rings. The van der Waals surface area contributed by atoms with Crippen LogP contribution in [0.25, 0.3) is 0 Å². The maximum absolute atomic E-state index is 13.9. The molecule has 1 unspecified atom stereocenters. The smallest absolute Gasteiger partial charge is 0.130 e. The van der Waals surface area contributed by atoms with Gasteiger partial charge in [0.05, 0.1) is 0 Å². The minimum Gasteiger partial charge on any atom is -0.374 e. The number of aromatic nitrogens is 1. The van der Waals surface area contributed by atoms with Crippen molar-refractivity contribution in [3.8, 4) is 0 Å². The van der Waals surface area contributed by atoms with Crippen molar-refractivity contribution in [1.82, 2.24) is 4.98 Å². The second kappa shape index (κ2) is 6.48. The topological polar surface area (TPSA) is 42.1 Å². The molecule has 0 aliphatic rings. The number of benzene rings is 1. The van der Waals surface area contributed by atoms with Gasteiger partial charge in [0, 0.05) is 49.2 Å². The molecule has 0 aliphatic heterocycles. The number of anilines is 1. The van der Waals surface area contributed by atoms with Crippen LogP contribution < -0.4 is 10.6 Å². The van der Waals surface area contributed by atoms with Crippen molar-refractivity contribution < 1.29 is 4.39 Å². The molecular weight excluding hydrogens is 253 g/mol. The molecule has 0 saturated heterocycles. The fourth-order valence-corrected chi connectivity index (χ4v) is 2.26. The van der Waals surface area contributed by atoms with Crippen molar-refractivity contribution in [3.05, 3.63) is 59.7 Å². The van der Waals surface area contributed by atoms with E-state index in [0.29, 0.717) is 5.56 Å². The summed E-state index contributed by atoms with van der Waals surface area (Å²) < 4.78 is 13.9. The average Bonchev–Trinajstić information content (AvgIpc) is 2.45. The fourth-order valence-electron chi connectivity index (χ4n) is 2.26. The van der Waals surface area contributed by atoms with Crippen molar-refractivity contribution in [1.29, 1.82) is 0 Å². The van der Waals surface area contributed by atoms with Crippen LogP contribution in [0.5, 0.6) is 0 Å². The summed E-state index contributed by atoms with van der Waals surface area (Å²) in [4.78, 5) is 6.32. The first kappa shape index (κ1) is 14.5. The van der Waals surface area contributed by atoms with Gasteiger partial charge in [-0.2, -0.15) is 0 Å². The number of nitrogens with two attached hydrogens (primary N) is 1. The summed E-state index contributed by atoms with van der Waals surface area (Å²) in [7, 11) is 1.95. The highest BCUT2D eigenvalue weighted by atomic mass is 19.1. The lowest BCUT2D eigenvalue weighted by atomic mass is 10.0. The molecule has 0 spiro atoms. The van der Waals surface area contributed by atoms with Gasteiger partial charge in [0.15, 0.2) is 0 Å². The van der Waals surface area contributed by atoms with Gasteiger partial charge < -0.3 is 10.6 Å². The molecule has 3 nitrogen and oxygen atoms in total. The maximum Gasteiger partial charge on any atom is 0.130 e. The molecule has 4 heteroatoms. The van der Waals surface area contributed by atoms with E-state index in [1.165, 1.54) is 6.07 Å². The molecule has 1 aromatic heterocycles. The third kappa shape index (κ3) is 3.33. The predicted octanol–water partition coefficient (Wildman–Crippen LogP) is 2.92. The van der Waals surface area contributed by atoms with E-state index in [0.717, 1.165) is 24.3 Å². The van der Waals surface area contributed by atoms with Crippen LogP contribution in [0.15, 0.2) is 42.6 Å². The summed E-state index contributed by atoms with van der Waals surface area (Å²) in [5.41, 5.74) is 8.32. The third-order valence-electron chi connectivity index (χ3n) is 3.33. The standard InChI is InChI=1S/C16H20FN3/c1-12(18)16-14(17)7-5-8-15(16)20(2)11-9-13-6-3-4-10-19-13/h3-8,10,12H,9,11,18H2,1-2H3. The summed E-state index contributed by atoms with van der Waals surface area (Å²) >= 11 is 0. The Balaban J connectivity index is 2.13. The second-order valence-corrected chi connectivity index (χ2v) is 4.95. The molecule has 1 atom stereocenters. The van der Waals surface area contributed by atoms with E-state index in [2.05, 4.69) is 4.98 Å². The summed E-state index contributed by atoms with van der Waals surface area (Å²) in [6.45, 7) is 2.56. The lowest BCUT2D eigenvalue weighted by Gasteiger charge is -2.24. The Morgan fingerprint density at radius 1 is 1.25 bits per heavy atom. The number of likely N-dealkylation sites (N-methyl/N-ethyl adjacent to an activating group) is 1. The van der Waals surface area contributed by atoms with Crippen molar-refractivity contribution in [2.75, 3.05) is 18.5 Å². The molecule has 20 heavy (non-hydrogen) atoms. The van der Waals surface area contributed by atoms with Gasteiger partial charge in [-0.1, -0.05) is 12.1 Å². The number of hydrogen-bond donors (Lipinski definition) is 1. The molecule has 0 saturated carbocycles. The molecule has 2 rings (SSSR count). The Bertz CT molecular complexity index is 555. The minimum absolute atomic E-state index is 0.248. The number of hydrogen-bond acceptors (Lipinski definition) is 3. The van der Waals surface area contributed by atoms with Crippen molar-refractivity contribution in [3.63, 3.8) is 0 Å². The van der Waals surface area contributed by atoms with Crippen LogP contribution >= 0.6 is 0 Å². The first-order valence-electron chi connectivity index (χ1n) is 6.74. The Labute approximate surface area is 119 Å². The van der Waals surface area contributed by atoms with E-state index < -0.39 is 0 Å². The monoisotopic (exact) mass is 273 g/mol. The second-order valence-electron chi connectivity index (χ2n) is 4.95. The Morgan fingerprint density at radius 3 is 2.70 bits per heavy atom. The lowest BCUT2D eigenvalue weighted by molar-refractivity contribution is 0.592. The quantitative estimate of drug-likeness (QED) is 0.910. The van der Waals surface area contributed by atoms with Gasteiger partial charge >= 0.3 is 0 Å². The number of rotatable bonds is 5. The summed E-state index contributed by atoms with van der Waals surface area (Å²) in [6, 6.07) is 10.6. The zero-order valence-electron chi connectivity index (χ0n) is 11.9. The Kier molecular flexibility index (Phi) is 4.69. The summed E-state index contributed by atoms with van der Waals surface area (Å²) in [5.74, 6) is -0.248. The molecule has 0 amide bonds. The summed E-state index contributed by atoms with van der Waals surface area (Å²) in [6.07, 6.45) is 2.59. The van der Waals surface area contributed by atoms with Crippen LogP contribution in [0.2, 0.25) is 0 Å². The largest absolute Gasteiger partial charge is 0.374 e. The Morgan fingerprint density at radius 2 is 2.05 bits per heavy atom. The van der Waals surface area contributed by atoms with Crippen LogP contribution in [0.3, 0.4) is 0 Å². The zero-order valence-corrected chi connectivity index (χ0v) is 11.9. The maximum atomic E-state index is 13.9. The van der Waals surface area contributed by atoms with E-state index in [9.17, 15) is 4.39 Å². The summed E-state index contributed by atoms with van der Waals surface area (Å²) in [5, 5.41) is 0. The normalized spacial score (nSPS) is 12.2. The highest BCUT2D eigenvalue weighted by molar-refractivity contribution is 5.55. The average molecular weight is 273 g/mol. The van der Waals surface area contributed by atoms with Crippen LogP contribution in [0.1, 0.15) is 24.2 Å². The molecule has 0 aliphatic carbocycles. The van der Waals surface area contributed by atoms with Crippen LogP contribution in [-0.4, -0.2) is 18.6 Å². The Hall–Kier alpha value is -1.94. The van der Waals surface area contributed by atoms with E-state index in [1.54, 1.807) is 19.2 Å². The first-order valence-corrected chi connectivity index (χ1v) is 6.74. The van der Waals surface area contributed by atoms with Gasteiger partial charge in [0.1, 0.15) is 5.82 Å². The molecule has 2 N–H and O–H groups in total. The SMILES string of the molecule is CC(N)c1c(F)cccc1N(C)CCc1ccccn1. The van der Waals surface area contributed by atoms with E-state index in [-0.39, 0.29) is 11.9 Å². The van der Waals surface area contributed by atoms with Crippen molar-refractivity contribution in [2.45, 2.75) is 19.4 Å². The predicted molar refractivity (Wildman–Crippen MR) is 80.2 cm³/mol. The van der Waals surface area contributed by atoms with Gasteiger partial charge in [-0.05, 0) is 31.2 Å². The highest BCUT2D eigenvalue weighted by Crippen LogP contribution is 2.27. The molecule has 2 aromatic rings. The van der Waals surface area contributed by atoms with Gasteiger partial charge in [-0.25, -0.2) is 4.39 Å². The highest BCUT2D eigenvalue weighted by Gasteiger charge is 2.15. The fraction of sp³-hybridized carbons (Fsp3) is 0.312. The van der Waals surface area contributed by atoms with Crippen molar-refractivity contribution in [2.24, 2.45) is 5.73 Å². The number of halogens is 1. The molecular formula is C16H20FN3. The van der Waals surface area contributed by atoms with E-state index >= 15 is 0 Å². The minimum atomic E-state index is -0.330. The van der Waals surface area contributed by atoms with Gasteiger partial charge in [0.2, 0.25) is 0 Å². The molecule has 0 bridgehead atoms. The van der Waals surface area contributed by atoms with Gasteiger partial charge in [0.25, 0.3) is 0 Å². The lowest BCUT2D eigenvalue weighted by Crippen LogP contribution is -2.24. The zero-order chi connectivity index (χ0) is 14.5. The van der Waals surface area contributed by atoms with Gasteiger partial charge in [-0.3, -0.25) is 4.98 Å². The van der Waals surface area contributed by atoms with Crippen LogP contribution in [-0.2, 0) is 6.42 Å². The van der Waals surface area contributed by atoms with E-state index in [4.69, 9.17) is 5.73 Å². The van der Waals surface area contributed by atoms with Crippen molar-refractivity contribution >= 4 is 5.69 Å². The molecule has 1 aromatic carbocycles. The van der Waals surface area contributed by atoms with E-state index in [1.807, 2.05) is 36.2 Å². The van der Waals surface area contributed by atoms with Gasteiger partial charge in [-0.15, -0.1) is 0 Å². The first-order chi connectivity index (χ1) is 9.59. The third-order valence-corrected chi connectivity index (χ3v) is 3.33. The molecule has 1 heterocycles. The van der Waals surface area contributed by atoms with Crippen LogP contribution in [0, 0.1) is 5.82 Å². The number of nitrogens with zero attached hydrogens (tertiary/aromatic N) is 2. The molecule has 106 valence electrons.